The van der Waals surface area contributed by atoms with Gasteiger partial charge in [-0.25, -0.2) is 0 Å². The molecule has 0 saturated heterocycles. The zero-order chi connectivity index (χ0) is 15.2. The van der Waals surface area contributed by atoms with Crippen LogP contribution in [0, 0.1) is 0 Å². The van der Waals surface area contributed by atoms with Crippen LogP contribution in [-0.2, 0) is 0 Å². The van der Waals surface area contributed by atoms with Gasteiger partial charge in [-0.15, -0.1) is 0 Å². The van der Waals surface area contributed by atoms with Crippen molar-refractivity contribution in [1.29, 1.82) is 0 Å². The lowest BCUT2D eigenvalue weighted by Gasteiger charge is -2.14. The Bertz CT molecular complexity index is 532. The minimum absolute atomic E-state index is 0.302. The second-order valence-corrected chi connectivity index (χ2v) is 4.43. The molecule has 21 heavy (non-hydrogen) atoms. The van der Waals surface area contributed by atoms with Gasteiger partial charge in [-0.2, -0.15) is 0 Å². The Morgan fingerprint density at radius 1 is 1.14 bits per heavy atom. The SMILES string of the molecule is COc1cc(C(=O)NNC2=NCCC2)cc(OC)c1OC. The minimum Gasteiger partial charge on any atom is -0.493 e. The summed E-state index contributed by atoms with van der Waals surface area (Å²) in [5.41, 5.74) is 5.83. The van der Waals surface area contributed by atoms with Crippen molar-refractivity contribution in [3.8, 4) is 17.2 Å². The smallest absolute Gasteiger partial charge is 0.269 e. The summed E-state index contributed by atoms with van der Waals surface area (Å²) < 4.78 is 15.7. The van der Waals surface area contributed by atoms with E-state index < -0.39 is 0 Å². The van der Waals surface area contributed by atoms with Crippen molar-refractivity contribution in [1.82, 2.24) is 10.9 Å². The predicted molar refractivity (Wildman–Crippen MR) is 78.2 cm³/mol. The van der Waals surface area contributed by atoms with Crippen molar-refractivity contribution in [3.05, 3.63) is 17.7 Å². The molecule has 7 nitrogen and oxygen atoms in total. The number of hydrazine groups is 1. The lowest BCUT2D eigenvalue weighted by molar-refractivity contribution is 0.0942. The van der Waals surface area contributed by atoms with Crippen LogP contribution in [0.3, 0.4) is 0 Å². The third-order valence-corrected chi connectivity index (χ3v) is 3.12. The summed E-state index contributed by atoms with van der Waals surface area (Å²) in [6.07, 6.45) is 1.85. The molecule has 2 N–H and O–H groups in total. The number of aliphatic imine (C=N–C) groups is 1. The first-order valence-electron chi connectivity index (χ1n) is 6.59. The van der Waals surface area contributed by atoms with Crippen molar-refractivity contribution in [2.75, 3.05) is 27.9 Å². The van der Waals surface area contributed by atoms with Crippen LogP contribution in [0.5, 0.6) is 17.2 Å². The molecule has 0 unspecified atom stereocenters. The molecule has 0 spiro atoms. The molecule has 2 rings (SSSR count). The number of methoxy groups -OCH3 is 3. The molecule has 1 heterocycles. The molecule has 0 atom stereocenters. The largest absolute Gasteiger partial charge is 0.493 e. The number of carbonyl (C=O) groups excluding carboxylic acids is 1. The molecule has 0 fully saturated rings. The van der Waals surface area contributed by atoms with Gasteiger partial charge < -0.3 is 14.2 Å². The molecule has 7 heteroatoms. The fourth-order valence-corrected chi connectivity index (χ4v) is 2.05. The lowest BCUT2D eigenvalue weighted by Crippen LogP contribution is -2.40. The van der Waals surface area contributed by atoms with Crippen molar-refractivity contribution < 1.29 is 19.0 Å². The first-order chi connectivity index (χ1) is 10.2. The van der Waals surface area contributed by atoms with E-state index in [9.17, 15) is 4.79 Å². The van der Waals surface area contributed by atoms with Gasteiger partial charge in [-0.05, 0) is 18.6 Å². The number of amidine groups is 1. The van der Waals surface area contributed by atoms with Crippen LogP contribution < -0.4 is 25.1 Å². The first kappa shape index (κ1) is 15.0. The fraction of sp³-hybridized carbons (Fsp3) is 0.429. The van der Waals surface area contributed by atoms with Gasteiger partial charge >= 0.3 is 0 Å². The van der Waals surface area contributed by atoms with Gasteiger partial charge in [0.15, 0.2) is 11.5 Å². The molecule has 0 bridgehead atoms. The summed E-state index contributed by atoms with van der Waals surface area (Å²) >= 11 is 0. The standard InChI is InChI=1S/C14H19N3O4/c1-19-10-7-9(8-11(20-2)13(10)21-3)14(18)17-16-12-5-4-6-15-12/h7-8H,4-6H2,1-3H3,(H,15,16)(H,17,18). The summed E-state index contributed by atoms with van der Waals surface area (Å²) in [5, 5.41) is 0. The van der Waals surface area contributed by atoms with E-state index >= 15 is 0 Å². The summed E-state index contributed by atoms with van der Waals surface area (Å²) in [6, 6.07) is 3.18. The van der Waals surface area contributed by atoms with Crippen molar-refractivity contribution in [3.63, 3.8) is 0 Å². The van der Waals surface area contributed by atoms with E-state index in [1.165, 1.54) is 21.3 Å². The normalized spacial score (nSPS) is 13.4. The van der Waals surface area contributed by atoms with E-state index in [-0.39, 0.29) is 5.91 Å². The molecule has 1 amide bonds. The second kappa shape index (κ2) is 6.83. The van der Waals surface area contributed by atoms with Crippen molar-refractivity contribution in [2.45, 2.75) is 12.8 Å². The quantitative estimate of drug-likeness (QED) is 0.814. The molecular weight excluding hydrogens is 274 g/mol. The molecule has 1 aromatic carbocycles. The highest BCUT2D eigenvalue weighted by atomic mass is 16.5. The Hall–Kier alpha value is -2.44. The summed E-state index contributed by atoms with van der Waals surface area (Å²) in [7, 11) is 4.52. The van der Waals surface area contributed by atoms with Crippen LogP contribution in [0.2, 0.25) is 0 Å². The molecule has 0 radical (unpaired) electrons. The highest BCUT2D eigenvalue weighted by molar-refractivity contribution is 5.97. The van der Waals surface area contributed by atoms with Crippen molar-refractivity contribution >= 4 is 11.7 Å². The van der Waals surface area contributed by atoms with E-state index in [1.54, 1.807) is 12.1 Å². The average Bonchev–Trinajstić information content (AvgIpc) is 3.04. The monoisotopic (exact) mass is 293 g/mol. The van der Waals surface area contributed by atoms with E-state index in [2.05, 4.69) is 15.8 Å². The maximum atomic E-state index is 12.2. The van der Waals surface area contributed by atoms with Gasteiger partial charge in [-0.1, -0.05) is 0 Å². The number of amides is 1. The van der Waals surface area contributed by atoms with Crippen LogP contribution >= 0.6 is 0 Å². The lowest BCUT2D eigenvalue weighted by atomic mass is 10.1. The Labute approximate surface area is 123 Å². The first-order valence-corrected chi connectivity index (χ1v) is 6.59. The maximum absolute atomic E-state index is 12.2. The average molecular weight is 293 g/mol. The van der Waals surface area contributed by atoms with Gasteiger partial charge in [0.05, 0.1) is 21.3 Å². The maximum Gasteiger partial charge on any atom is 0.269 e. The summed E-state index contributed by atoms with van der Waals surface area (Å²) in [6.45, 7) is 0.794. The van der Waals surface area contributed by atoms with Gasteiger partial charge in [0, 0.05) is 18.5 Å². The second-order valence-electron chi connectivity index (χ2n) is 4.43. The Kier molecular flexibility index (Phi) is 4.86. The van der Waals surface area contributed by atoms with Gasteiger partial charge in [0.1, 0.15) is 5.84 Å². The van der Waals surface area contributed by atoms with Crippen molar-refractivity contribution in [2.24, 2.45) is 4.99 Å². The number of benzene rings is 1. The van der Waals surface area contributed by atoms with Crippen LogP contribution in [0.15, 0.2) is 17.1 Å². The summed E-state index contributed by atoms with van der Waals surface area (Å²) in [4.78, 5) is 16.4. The molecular formula is C14H19N3O4. The topological polar surface area (TPSA) is 81.2 Å². The van der Waals surface area contributed by atoms with E-state index in [0.717, 1.165) is 25.2 Å². The highest BCUT2D eigenvalue weighted by Crippen LogP contribution is 2.38. The van der Waals surface area contributed by atoms with E-state index in [4.69, 9.17) is 14.2 Å². The number of hydrogen-bond donors (Lipinski definition) is 2. The Morgan fingerprint density at radius 2 is 1.81 bits per heavy atom. The van der Waals surface area contributed by atoms with E-state index in [0.29, 0.717) is 22.8 Å². The Balaban J connectivity index is 2.16. The number of nitrogens with zero attached hydrogens (tertiary/aromatic N) is 1. The Morgan fingerprint density at radius 3 is 2.29 bits per heavy atom. The van der Waals surface area contributed by atoms with Crippen LogP contribution in [-0.4, -0.2) is 39.6 Å². The number of ether oxygens (including phenoxy) is 3. The van der Waals surface area contributed by atoms with Crippen LogP contribution in [0.1, 0.15) is 23.2 Å². The number of carbonyl (C=O) groups is 1. The number of hydrogen-bond acceptors (Lipinski definition) is 6. The third kappa shape index (κ3) is 3.36. The van der Waals surface area contributed by atoms with Gasteiger partial charge in [0.2, 0.25) is 5.75 Å². The molecule has 1 aromatic rings. The molecule has 1 aliphatic rings. The zero-order valence-corrected chi connectivity index (χ0v) is 12.4. The van der Waals surface area contributed by atoms with Crippen LogP contribution in [0.25, 0.3) is 0 Å². The molecule has 1 aliphatic heterocycles. The number of nitrogens with one attached hydrogen (secondary N) is 2. The van der Waals surface area contributed by atoms with E-state index in [1.807, 2.05) is 0 Å². The molecule has 0 saturated carbocycles. The highest BCUT2D eigenvalue weighted by Gasteiger charge is 2.17. The number of rotatable bonds is 4. The minimum atomic E-state index is -0.302. The zero-order valence-electron chi connectivity index (χ0n) is 12.4. The molecule has 0 aliphatic carbocycles. The third-order valence-electron chi connectivity index (χ3n) is 3.12. The van der Waals surface area contributed by atoms with Gasteiger partial charge in [0.25, 0.3) is 5.91 Å². The summed E-state index contributed by atoms with van der Waals surface area (Å²) in [5.74, 6) is 1.80. The van der Waals surface area contributed by atoms with Crippen LogP contribution in [0.4, 0.5) is 0 Å². The molecule has 0 aromatic heterocycles. The van der Waals surface area contributed by atoms with Gasteiger partial charge in [-0.3, -0.25) is 20.6 Å². The predicted octanol–water partition coefficient (Wildman–Crippen LogP) is 1.14. The fourth-order valence-electron chi connectivity index (χ4n) is 2.05. The molecule has 114 valence electrons.